The Morgan fingerprint density at radius 3 is 2.70 bits per heavy atom. The Hall–Kier alpha value is -3.61. The number of urea groups is 1. The van der Waals surface area contributed by atoms with Crippen molar-refractivity contribution in [3.63, 3.8) is 0 Å². The normalized spacial score (nSPS) is 22.9. The van der Waals surface area contributed by atoms with Crippen LogP contribution in [0.5, 0.6) is 5.88 Å². The van der Waals surface area contributed by atoms with Gasteiger partial charge in [0, 0.05) is 31.4 Å². The molecule has 1 atom stereocenters. The van der Waals surface area contributed by atoms with E-state index in [1.54, 1.807) is 0 Å². The molecule has 10 heteroatoms. The van der Waals surface area contributed by atoms with Crippen LogP contribution in [0.4, 0.5) is 13.6 Å². The summed E-state index contributed by atoms with van der Waals surface area (Å²) in [6, 6.07) is 3.83. The second-order valence-electron chi connectivity index (χ2n) is 7.29. The van der Waals surface area contributed by atoms with E-state index in [9.17, 15) is 13.6 Å². The fourth-order valence-electron chi connectivity index (χ4n) is 3.71. The Bertz CT molecular complexity index is 1010. The topological polar surface area (TPSA) is 115 Å². The summed E-state index contributed by atoms with van der Waals surface area (Å²) in [5, 5.41) is 19.8. The van der Waals surface area contributed by atoms with E-state index in [0.29, 0.717) is 31.2 Å². The van der Waals surface area contributed by atoms with Gasteiger partial charge < -0.3 is 10.1 Å². The summed E-state index contributed by atoms with van der Waals surface area (Å²) < 4.78 is 32.8. The summed E-state index contributed by atoms with van der Waals surface area (Å²) in [5.74, 6) is -1.08. The molecular weight excluding hydrogens is 394 g/mol. The average molecular weight is 412 g/mol. The number of halogens is 2. The maximum Gasteiger partial charge on any atom is 0.323 e. The van der Waals surface area contributed by atoms with Crippen LogP contribution in [0.15, 0.2) is 30.6 Å². The zero-order valence-corrected chi connectivity index (χ0v) is 15.8. The van der Waals surface area contributed by atoms with Crippen molar-refractivity contribution in [2.45, 2.75) is 43.9 Å². The minimum absolute atomic E-state index is 0.109. The molecule has 1 aliphatic heterocycles. The Kier molecular flexibility index (Phi) is 5.27. The van der Waals surface area contributed by atoms with Crippen molar-refractivity contribution in [1.29, 1.82) is 10.7 Å². The van der Waals surface area contributed by atoms with E-state index >= 15 is 0 Å². The highest BCUT2D eigenvalue weighted by molar-refractivity contribution is 5.98. The molecule has 1 aliphatic carbocycles. The van der Waals surface area contributed by atoms with Crippen LogP contribution >= 0.6 is 0 Å². The lowest BCUT2D eigenvalue weighted by atomic mass is 9.89. The molecule has 30 heavy (non-hydrogen) atoms. The van der Waals surface area contributed by atoms with Crippen molar-refractivity contribution in [3.8, 4) is 11.9 Å². The molecule has 0 radical (unpaired) electrons. The van der Waals surface area contributed by atoms with Crippen LogP contribution in [0.2, 0.25) is 0 Å². The van der Waals surface area contributed by atoms with Crippen LogP contribution < -0.4 is 10.1 Å². The summed E-state index contributed by atoms with van der Waals surface area (Å²) in [7, 11) is 0. The van der Waals surface area contributed by atoms with Gasteiger partial charge in [0.1, 0.15) is 29.6 Å². The minimum Gasteiger partial charge on any atom is -0.473 e. The standard InChI is InChI=1S/C20H18F2N6O2/c21-12-3-11(4-13(22)5-12)17-1-2-18(24)28(17)20(29)27-14-6-16(7-14)30-19-10-25-9-15(8-23)26-19/h3-5,9-10,14,16-17,24H,1-2,6-7H2,(H,27,29)/t14?,16?,17-/m0/s1. The van der Waals surface area contributed by atoms with Gasteiger partial charge in [-0.2, -0.15) is 10.2 Å². The average Bonchev–Trinajstić information content (AvgIpc) is 3.07. The van der Waals surface area contributed by atoms with Crippen LogP contribution in [0, 0.1) is 28.4 Å². The van der Waals surface area contributed by atoms with E-state index in [-0.39, 0.29) is 29.6 Å². The number of amidine groups is 1. The third-order valence-corrected chi connectivity index (χ3v) is 5.18. The fraction of sp³-hybridized carbons (Fsp3) is 0.350. The maximum atomic E-state index is 13.6. The molecule has 154 valence electrons. The number of nitriles is 1. The smallest absolute Gasteiger partial charge is 0.323 e. The second kappa shape index (κ2) is 8.02. The number of carbonyl (C=O) groups is 1. The molecule has 0 unspecified atom stereocenters. The number of benzene rings is 1. The molecule has 1 saturated heterocycles. The third-order valence-electron chi connectivity index (χ3n) is 5.18. The number of ether oxygens (including phenoxy) is 1. The number of carbonyl (C=O) groups excluding carboxylic acids is 1. The van der Waals surface area contributed by atoms with Crippen molar-refractivity contribution in [1.82, 2.24) is 20.2 Å². The Morgan fingerprint density at radius 1 is 1.27 bits per heavy atom. The zero-order valence-electron chi connectivity index (χ0n) is 15.8. The van der Waals surface area contributed by atoms with E-state index in [4.69, 9.17) is 15.4 Å². The summed E-state index contributed by atoms with van der Waals surface area (Å²) in [6.07, 6.45) is 4.42. The Labute approximate surface area is 171 Å². The lowest BCUT2D eigenvalue weighted by molar-refractivity contribution is 0.0813. The zero-order chi connectivity index (χ0) is 21.3. The van der Waals surface area contributed by atoms with Crippen molar-refractivity contribution in [3.05, 3.63) is 53.5 Å². The van der Waals surface area contributed by atoms with Crippen molar-refractivity contribution in [2.24, 2.45) is 0 Å². The van der Waals surface area contributed by atoms with Gasteiger partial charge >= 0.3 is 6.03 Å². The van der Waals surface area contributed by atoms with Crippen molar-refractivity contribution < 1.29 is 18.3 Å². The highest BCUT2D eigenvalue weighted by atomic mass is 19.1. The van der Waals surface area contributed by atoms with E-state index in [1.807, 2.05) is 6.07 Å². The molecule has 1 aromatic carbocycles. The quantitative estimate of drug-likeness (QED) is 0.801. The van der Waals surface area contributed by atoms with Crippen LogP contribution in [-0.4, -0.2) is 38.9 Å². The van der Waals surface area contributed by atoms with E-state index < -0.39 is 23.7 Å². The summed E-state index contributed by atoms with van der Waals surface area (Å²) in [6.45, 7) is 0. The van der Waals surface area contributed by atoms with Gasteiger partial charge in [0.05, 0.1) is 18.4 Å². The van der Waals surface area contributed by atoms with E-state index in [2.05, 4.69) is 15.3 Å². The van der Waals surface area contributed by atoms with Gasteiger partial charge in [-0.25, -0.2) is 13.6 Å². The monoisotopic (exact) mass is 412 g/mol. The summed E-state index contributed by atoms with van der Waals surface area (Å²) >= 11 is 0. The van der Waals surface area contributed by atoms with Gasteiger partial charge in [-0.05, 0) is 24.1 Å². The molecule has 1 aromatic heterocycles. The molecule has 2 N–H and O–H groups in total. The highest BCUT2D eigenvalue weighted by Crippen LogP contribution is 2.34. The van der Waals surface area contributed by atoms with E-state index in [0.717, 1.165) is 6.07 Å². The number of likely N-dealkylation sites (tertiary alicyclic amines) is 1. The number of aromatic nitrogens is 2. The van der Waals surface area contributed by atoms with E-state index in [1.165, 1.54) is 29.4 Å². The summed E-state index contributed by atoms with van der Waals surface area (Å²) in [4.78, 5) is 21.9. The fourth-order valence-corrected chi connectivity index (χ4v) is 3.71. The second-order valence-corrected chi connectivity index (χ2v) is 7.29. The number of hydrogen-bond acceptors (Lipinski definition) is 6. The van der Waals surface area contributed by atoms with Gasteiger partial charge in [0.25, 0.3) is 0 Å². The first-order valence-corrected chi connectivity index (χ1v) is 9.45. The molecule has 1 saturated carbocycles. The Morgan fingerprint density at radius 2 is 2.00 bits per heavy atom. The van der Waals surface area contributed by atoms with Gasteiger partial charge in [0.2, 0.25) is 5.88 Å². The number of rotatable bonds is 4. The molecule has 2 aromatic rings. The van der Waals surface area contributed by atoms with Crippen molar-refractivity contribution in [2.75, 3.05) is 0 Å². The van der Waals surface area contributed by atoms with Crippen LogP contribution in [0.25, 0.3) is 0 Å². The summed E-state index contributed by atoms with van der Waals surface area (Å²) in [5.41, 5.74) is 0.486. The predicted molar refractivity (Wildman–Crippen MR) is 101 cm³/mol. The minimum atomic E-state index is -0.716. The predicted octanol–water partition coefficient (Wildman–Crippen LogP) is 3.06. The van der Waals surface area contributed by atoms with Crippen LogP contribution in [-0.2, 0) is 0 Å². The first-order valence-electron chi connectivity index (χ1n) is 9.45. The molecule has 2 amide bonds. The molecule has 8 nitrogen and oxygen atoms in total. The molecule has 0 bridgehead atoms. The molecule has 4 rings (SSSR count). The first-order chi connectivity index (χ1) is 14.4. The SMILES string of the molecule is N#Cc1cncc(OC2CC(NC(=O)N3C(=N)CC[C@H]3c3cc(F)cc(F)c3)C2)n1. The van der Waals surface area contributed by atoms with Gasteiger partial charge in [0.15, 0.2) is 5.69 Å². The van der Waals surface area contributed by atoms with Gasteiger partial charge in [-0.15, -0.1) is 0 Å². The van der Waals surface area contributed by atoms with Gasteiger partial charge in [-0.3, -0.25) is 15.3 Å². The van der Waals surface area contributed by atoms with Crippen molar-refractivity contribution >= 4 is 11.9 Å². The Balaban J connectivity index is 1.35. The third kappa shape index (κ3) is 4.05. The first kappa shape index (κ1) is 19.7. The number of hydrogen-bond donors (Lipinski definition) is 2. The number of nitrogens with one attached hydrogen (secondary N) is 2. The largest absolute Gasteiger partial charge is 0.473 e. The molecular formula is C20H18F2N6O2. The molecule has 0 spiro atoms. The lowest BCUT2D eigenvalue weighted by Gasteiger charge is -2.37. The van der Waals surface area contributed by atoms with Crippen LogP contribution in [0.1, 0.15) is 43.0 Å². The molecule has 2 aliphatic rings. The molecule has 2 heterocycles. The van der Waals surface area contributed by atoms with Gasteiger partial charge in [-0.1, -0.05) is 0 Å². The molecule has 2 fully saturated rings. The number of nitrogens with zero attached hydrogens (tertiary/aromatic N) is 4. The lowest BCUT2D eigenvalue weighted by Crippen LogP contribution is -2.53. The highest BCUT2D eigenvalue weighted by Gasteiger charge is 2.38. The number of amides is 2. The van der Waals surface area contributed by atoms with Crippen LogP contribution in [0.3, 0.4) is 0 Å². The maximum absolute atomic E-state index is 13.6.